The number of furan rings is 1. The van der Waals surface area contributed by atoms with Gasteiger partial charge in [0.25, 0.3) is 0 Å². The molecule has 0 radical (unpaired) electrons. The fraction of sp³-hybridized carbons (Fsp3) is 0.467. The van der Waals surface area contributed by atoms with Crippen LogP contribution in [-0.4, -0.2) is 13.2 Å². The van der Waals surface area contributed by atoms with Gasteiger partial charge in [-0.3, -0.25) is 0 Å². The summed E-state index contributed by atoms with van der Waals surface area (Å²) < 4.78 is 13.4. The molecule has 1 saturated carbocycles. The molecule has 0 saturated heterocycles. The Balaban J connectivity index is 2.11. The normalized spacial score (nSPS) is 15.0. The van der Waals surface area contributed by atoms with E-state index in [4.69, 9.17) is 9.15 Å². The van der Waals surface area contributed by atoms with Crippen molar-refractivity contribution in [2.24, 2.45) is 0 Å². The lowest BCUT2D eigenvalue weighted by Crippen LogP contribution is -2.15. The van der Waals surface area contributed by atoms with Gasteiger partial charge in [-0.25, -0.2) is 0 Å². The molecular formula is C15H17Br2NO2. The summed E-state index contributed by atoms with van der Waals surface area (Å²) in [7, 11) is 1.68. The van der Waals surface area contributed by atoms with Crippen molar-refractivity contribution in [3.05, 3.63) is 26.3 Å². The number of fused-ring (bicyclic) bond motifs is 1. The summed E-state index contributed by atoms with van der Waals surface area (Å²) in [4.78, 5) is 0. The summed E-state index contributed by atoms with van der Waals surface area (Å²) in [6.07, 6.45) is 3.50. The standard InChI is InChI=1S/C15H17Br2NO2/c1-3-9-12(7-18-8-4-5-8)20-15-10(16)6-11(19-2)14(17)13(9)15/h6,8,18H,3-5,7H2,1-2H3. The molecular weight excluding hydrogens is 386 g/mol. The van der Waals surface area contributed by atoms with Crippen molar-refractivity contribution in [2.45, 2.75) is 38.8 Å². The molecule has 3 nitrogen and oxygen atoms in total. The first-order chi connectivity index (χ1) is 9.65. The fourth-order valence-corrected chi connectivity index (χ4v) is 3.65. The second-order valence-electron chi connectivity index (χ2n) is 5.09. The topological polar surface area (TPSA) is 34.4 Å². The first kappa shape index (κ1) is 14.4. The van der Waals surface area contributed by atoms with Crippen molar-refractivity contribution < 1.29 is 9.15 Å². The van der Waals surface area contributed by atoms with Gasteiger partial charge < -0.3 is 14.5 Å². The molecule has 1 aliphatic rings. The molecule has 3 rings (SSSR count). The average Bonchev–Trinajstić information content (AvgIpc) is 3.19. The molecule has 1 aromatic heterocycles. The van der Waals surface area contributed by atoms with Crippen LogP contribution in [0.1, 0.15) is 31.1 Å². The Morgan fingerprint density at radius 1 is 1.40 bits per heavy atom. The molecule has 1 N–H and O–H groups in total. The zero-order valence-electron chi connectivity index (χ0n) is 11.6. The van der Waals surface area contributed by atoms with Crippen molar-refractivity contribution in [3.63, 3.8) is 0 Å². The summed E-state index contributed by atoms with van der Waals surface area (Å²) in [5.41, 5.74) is 2.14. The van der Waals surface area contributed by atoms with Gasteiger partial charge in [0.1, 0.15) is 17.1 Å². The van der Waals surface area contributed by atoms with Gasteiger partial charge in [0.2, 0.25) is 0 Å². The van der Waals surface area contributed by atoms with Gasteiger partial charge >= 0.3 is 0 Å². The number of ether oxygens (including phenoxy) is 1. The highest BCUT2D eigenvalue weighted by Gasteiger charge is 2.24. The van der Waals surface area contributed by atoms with Gasteiger partial charge in [-0.15, -0.1) is 0 Å². The lowest BCUT2D eigenvalue weighted by molar-refractivity contribution is 0.412. The molecule has 20 heavy (non-hydrogen) atoms. The third-order valence-electron chi connectivity index (χ3n) is 3.70. The molecule has 1 fully saturated rings. The molecule has 0 aliphatic heterocycles. The van der Waals surface area contributed by atoms with E-state index in [9.17, 15) is 0 Å². The van der Waals surface area contributed by atoms with E-state index in [0.29, 0.717) is 6.04 Å². The lowest BCUT2D eigenvalue weighted by atomic mass is 10.1. The molecule has 1 aromatic carbocycles. The molecule has 108 valence electrons. The van der Waals surface area contributed by atoms with Crippen LogP contribution in [0, 0.1) is 0 Å². The number of nitrogens with one attached hydrogen (secondary N) is 1. The molecule has 0 amide bonds. The van der Waals surface area contributed by atoms with Crippen molar-refractivity contribution in [2.75, 3.05) is 7.11 Å². The average molecular weight is 403 g/mol. The van der Waals surface area contributed by atoms with Crippen LogP contribution in [0.3, 0.4) is 0 Å². The van der Waals surface area contributed by atoms with Crippen LogP contribution < -0.4 is 10.1 Å². The van der Waals surface area contributed by atoms with Gasteiger partial charge in [-0.1, -0.05) is 6.92 Å². The molecule has 2 aromatic rings. The third kappa shape index (κ3) is 2.51. The van der Waals surface area contributed by atoms with Gasteiger partial charge in [0.15, 0.2) is 0 Å². The van der Waals surface area contributed by atoms with E-state index in [1.807, 2.05) is 6.07 Å². The van der Waals surface area contributed by atoms with E-state index in [0.717, 1.165) is 44.4 Å². The van der Waals surface area contributed by atoms with Crippen LogP contribution in [0.2, 0.25) is 0 Å². The SMILES string of the molecule is CCc1c(CNC2CC2)oc2c(Br)cc(OC)c(Br)c12. The smallest absolute Gasteiger partial charge is 0.150 e. The van der Waals surface area contributed by atoms with Crippen LogP contribution in [0.5, 0.6) is 5.75 Å². The molecule has 0 unspecified atom stereocenters. The highest BCUT2D eigenvalue weighted by molar-refractivity contribution is 9.11. The van der Waals surface area contributed by atoms with E-state index in [-0.39, 0.29) is 0 Å². The van der Waals surface area contributed by atoms with E-state index < -0.39 is 0 Å². The summed E-state index contributed by atoms with van der Waals surface area (Å²) in [6, 6.07) is 2.61. The van der Waals surface area contributed by atoms with Crippen LogP contribution in [0.15, 0.2) is 19.4 Å². The van der Waals surface area contributed by atoms with Gasteiger partial charge in [0, 0.05) is 17.0 Å². The second-order valence-corrected chi connectivity index (χ2v) is 6.74. The largest absolute Gasteiger partial charge is 0.496 e. The van der Waals surface area contributed by atoms with Crippen LogP contribution in [0.25, 0.3) is 11.0 Å². The molecule has 1 aliphatic carbocycles. The lowest BCUT2D eigenvalue weighted by Gasteiger charge is -2.06. The van der Waals surface area contributed by atoms with Gasteiger partial charge in [0.05, 0.1) is 22.6 Å². The summed E-state index contributed by atoms with van der Waals surface area (Å²) in [5, 5.41) is 4.64. The minimum Gasteiger partial charge on any atom is -0.496 e. The predicted octanol–water partition coefficient (Wildman–Crippen LogP) is 4.78. The first-order valence-electron chi connectivity index (χ1n) is 6.85. The number of hydrogen-bond acceptors (Lipinski definition) is 3. The Kier molecular flexibility index (Phi) is 4.11. The molecule has 0 bridgehead atoms. The monoisotopic (exact) mass is 401 g/mol. The zero-order valence-corrected chi connectivity index (χ0v) is 14.7. The van der Waals surface area contributed by atoms with Gasteiger partial charge in [-0.05, 0) is 57.2 Å². The summed E-state index contributed by atoms with van der Waals surface area (Å²) >= 11 is 7.22. The number of rotatable bonds is 5. The molecule has 1 heterocycles. The molecule has 5 heteroatoms. The zero-order chi connectivity index (χ0) is 14.3. The Morgan fingerprint density at radius 2 is 2.15 bits per heavy atom. The van der Waals surface area contributed by atoms with Crippen molar-refractivity contribution >= 4 is 42.8 Å². The Bertz CT molecular complexity index is 647. The second kappa shape index (κ2) is 5.70. The van der Waals surface area contributed by atoms with Crippen LogP contribution in [-0.2, 0) is 13.0 Å². The Morgan fingerprint density at radius 3 is 2.75 bits per heavy atom. The first-order valence-corrected chi connectivity index (χ1v) is 8.43. The van der Waals surface area contributed by atoms with Gasteiger partial charge in [-0.2, -0.15) is 0 Å². The number of benzene rings is 1. The number of halogens is 2. The highest BCUT2D eigenvalue weighted by Crippen LogP contribution is 2.42. The fourth-order valence-electron chi connectivity index (χ4n) is 2.47. The quantitative estimate of drug-likeness (QED) is 0.781. The van der Waals surface area contributed by atoms with E-state index >= 15 is 0 Å². The highest BCUT2D eigenvalue weighted by atomic mass is 79.9. The maximum Gasteiger partial charge on any atom is 0.150 e. The van der Waals surface area contributed by atoms with Crippen LogP contribution in [0.4, 0.5) is 0 Å². The minimum atomic E-state index is 0.675. The maximum atomic E-state index is 6.08. The minimum absolute atomic E-state index is 0.675. The Hall–Kier alpha value is -0.520. The van der Waals surface area contributed by atoms with E-state index in [1.165, 1.54) is 18.4 Å². The van der Waals surface area contributed by atoms with Crippen molar-refractivity contribution in [1.29, 1.82) is 0 Å². The summed E-state index contributed by atoms with van der Waals surface area (Å²) in [5.74, 6) is 1.85. The summed E-state index contributed by atoms with van der Waals surface area (Å²) in [6.45, 7) is 2.95. The van der Waals surface area contributed by atoms with Crippen LogP contribution >= 0.6 is 31.9 Å². The maximum absolute atomic E-state index is 6.08. The van der Waals surface area contributed by atoms with E-state index in [1.54, 1.807) is 7.11 Å². The third-order valence-corrected chi connectivity index (χ3v) is 5.08. The van der Waals surface area contributed by atoms with E-state index in [2.05, 4.69) is 44.1 Å². The molecule has 0 spiro atoms. The predicted molar refractivity (Wildman–Crippen MR) is 87.4 cm³/mol. The molecule has 0 atom stereocenters. The number of hydrogen-bond donors (Lipinski definition) is 1. The number of methoxy groups -OCH3 is 1. The number of aryl methyl sites for hydroxylation is 1. The van der Waals surface area contributed by atoms with Crippen molar-refractivity contribution in [1.82, 2.24) is 5.32 Å². The Labute approximate surface area is 135 Å². The van der Waals surface area contributed by atoms with Crippen molar-refractivity contribution in [3.8, 4) is 5.75 Å².